The molecular weight excluding hydrogens is 306 g/mol. The molecule has 0 radical (unpaired) electrons. The SMILES string of the molecule is C=CCSc1ccccc1NC(=O)[C@H]1COc2ccccc2C1. The molecule has 0 fully saturated rings. The van der Waals surface area contributed by atoms with Crippen molar-refractivity contribution in [2.75, 3.05) is 17.7 Å². The number of ether oxygens (including phenoxy) is 1. The normalized spacial score (nSPS) is 16.1. The fraction of sp³-hybridized carbons (Fsp3) is 0.211. The highest BCUT2D eigenvalue weighted by Crippen LogP contribution is 2.30. The number of fused-ring (bicyclic) bond motifs is 1. The number of carbonyl (C=O) groups excluding carboxylic acids is 1. The molecule has 118 valence electrons. The number of nitrogens with one attached hydrogen (secondary N) is 1. The van der Waals surface area contributed by atoms with Crippen molar-refractivity contribution >= 4 is 23.4 Å². The number of hydrogen-bond acceptors (Lipinski definition) is 3. The van der Waals surface area contributed by atoms with Crippen molar-refractivity contribution < 1.29 is 9.53 Å². The second kappa shape index (κ2) is 7.38. The Morgan fingerprint density at radius 3 is 2.91 bits per heavy atom. The average molecular weight is 325 g/mol. The van der Waals surface area contributed by atoms with Gasteiger partial charge in [0.25, 0.3) is 0 Å². The number of thioether (sulfide) groups is 1. The van der Waals surface area contributed by atoms with Crippen LogP contribution in [-0.2, 0) is 11.2 Å². The summed E-state index contributed by atoms with van der Waals surface area (Å²) in [6, 6.07) is 15.7. The highest BCUT2D eigenvalue weighted by molar-refractivity contribution is 7.99. The second-order valence-corrected chi connectivity index (χ2v) is 6.47. The zero-order valence-electron chi connectivity index (χ0n) is 12.8. The molecule has 4 heteroatoms. The van der Waals surface area contributed by atoms with Crippen LogP contribution in [0.5, 0.6) is 5.75 Å². The first-order chi connectivity index (χ1) is 11.3. The first-order valence-electron chi connectivity index (χ1n) is 7.62. The van der Waals surface area contributed by atoms with Crippen LogP contribution in [0.3, 0.4) is 0 Å². The second-order valence-electron chi connectivity index (χ2n) is 5.40. The summed E-state index contributed by atoms with van der Waals surface area (Å²) < 4.78 is 5.71. The largest absolute Gasteiger partial charge is 0.492 e. The number of para-hydroxylation sites is 2. The Morgan fingerprint density at radius 1 is 1.26 bits per heavy atom. The molecule has 0 bridgehead atoms. The number of amides is 1. The van der Waals surface area contributed by atoms with Crippen LogP contribution < -0.4 is 10.1 Å². The fourth-order valence-corrected chi connectivity index (χ4v) is 3.32. The highest BCUT2D eigenvalue weighted by atomic mass is 32.2. The molecule has 0 saturated heterocycles. The van der Waals surface area contributed by atoms with E-state index >= 15 is 0 Å². The maximum atomic E-state index is 12.6. The van der Waals surface area contributed by atoms with E-state index in [4.69, 9.17) is 4.74 Å². The Kier molecular flexibility index (Phi) is 5.03. The summed E-state index contributed by atoms with van der Waals surface area (Å²) >= 11 is 1.66. The third-order valence-electron chi connectivity index (χ3n) is 3.75. The van der Waals surface area contributed by atoms with Crippen molar-refractivity contribution in [3.8, 4) is 5.75 Å². The summed E-state index contributed by atoms with van der Waals surface area (Å²) in [6.07, 6.45) is 2.57. The van der Waals surface area contributed by atoms with Crippen LogP contribution in [0.2, 0.25) is 0 Å². The molecule has 1 aliphatic rings. The van der Waals surface area contributed by atoms with E-state index in [9.17, 15) is 4.79 Å². The monoisotopic (exact) mass is 325 g/mol. The smallest absolute Gasteiger partial charge is 0.231 e. The first-order valence-corrected chi connectivity index (χ1v) is 8.61. The third-order valence-corrected chi connectivity index (χ3v) is 4.82. The Morgan fingerprint density at radius 2 is 2.04 bits per heavy atom. The topological polar surface area (TPSA) is 38.3 Å². The van der Waals surface area contributed by atoms with Gasteiger partial charge in [-0.2, -0.15) is 0 Å². The summed E-state index contributed by atoms with van der Waals surface area (Å²) in [5.74, 6) is 1.54. The zero-order valence-corrected chi connectivity index (χ0v) is 13.6. The van der Waals surface area contributed by atoms with E-state index in [1.165, 1.54) is 0 Å². The van der Waals surface area contributed by atoms with Gasteiger partial charge < -0.3 is 10.1 Å². The first kappa shape index (κ1) is 15.7. The van der Waals surface area contributed by atoms with Gasteiger partial charge in [-0.3, -0.25) is 4.79 Å². The van der Waals surface area contributed by atoms with Gasteiger partial charge in [0.05, 0.1) is 11.6 Å². The van der Waals surface area contributed by atoms with Gasteiger partial charge in [0, 0.05) is 10.6 Å². The van der Waals surface area contributed by atoms with E-state index in [-0.39, 0.29) is 11.8 Å². The molecule has 0 aliphatic carbocycles. The van der Waals surface area contributed by atoms with Crippen molar-refractivity contribution in [3.05, 3.63) is 66.7 Å². The van der Waals surface area contributed by atoms with E-state index in [1.54, 1.807) is 11.8 Å². The third kappa shape index (κ3) is 3.77. The quantitative estimate of drug-likeness (QED) is 0.663. The lowest BCUT2D eigenvalue weighted by atomic mass is 9.96. The van der Waals surface area contributed by atoms with Crippen LogP contribution in [0, 0.1) is 5.92 Å². The summed E-state index contributed by atoms with van der Waals surface area (Å²) in [5, 5.41) is 3.05. The van der Waals surface area contributed by atoms with E-state index in [1.807, 2.05) is 54.6 Å². The molecule has 2 aromatic rings. The Hall–Kier alpha value is -2.20. The standard InChI is InChI=1S/C19H19NO2S/c1-2-11-23-18-10-6-4-8-16(18)20-19(21)15-12-14-7-3-5-9-17(14)22-13-15/h2-10,15H,1,11-13H2,(H,20,21)/t15-/m1/s1. The molecule has 0 unspecified atom stereocenters. The number of benzene rings is 2. The fourth-order valence-electron chi connectivity index (χ4n) is 2.58. The minimum Gasteiger partial charge on any atom is -0.492 e. The van der Waals surface area contributed by atoms with Crippen LogP contribution >= 0.6 is 11.8 Å². The molecule has 1 atom stereocenters. The maximum absolute atomic E-state index is 12.6. The molecule has 0 aromatic heterocycles. The minimum atomic E-state index is -0.164. The van der Waals surface area contributed by atoms with E-state index < -0.39 is 0 Å². The lowest BCUT2D eigenvalue weighted by molar-refractivity contribution is -0.121. The molecule has 3 rings (SSSR count). The van der Waals surface area contributed by atoms with Crippen molar-refractivity contribution in [3.63, 3.8) is 0 Å². The number of anilines is 1. The molecule has 23 heavy (non-hydrogen) atoms. The van der Waals surface area contributed by atoms with Crippen molar-refractivity contribution in [2.24, 2.45) is 5.92 Å². The molecule has 0 spiro atoms. The van der Waals surface area contributed by atoms with E-state index in [0.717, 1.165) is 27.6 Å². The molecule has 0 saturated carbocycles. The van der Waals surface area contributed by atoms with Gasteiger partial charge in [-0.1, -0.05) is 36.4 Å². The lowest BCUT2D eigenvalue weighted by Gasteiger charge is -2.24. The van der Waals surface area contributed by atoms with Gasteiger partial charge in [-0.25, -0.2) is 0 Å². The maximum Gasteiger partial charge on any atom is 0.231 e. The molecule has 2 aromatic carbocycles. The van der Waals surface area contributed by atoms with Crippen LogP contribution in [0.15, 0.2) is 66.1 Å². The van der Waals surface area contributed by atoms with Crippen LogP contribution in [0.25, 0.3) is 0 Å². The Bertz CT molecular complexity index is 714. The van der Waals surface area contributed by atoms with Crippen molar-refractivity contribution in [1.82, 2.24) is 0 Å². The molecule has 1 heterocycles. The van der Waals surface area contributed by atoms with E-state index in [2.05, 4.69) is 11.9 Å². The Balaban J connectivity index is 1.70. The zero-order chi connectivity index (χ0) is 16.1. The minimum absolute atomic E-state index is 0.00570. The van der Waals surface area contributed by atoms with Gasteiger partial charge >= 0.3 is 0 Å². The van der Waals surface area contributed by atoms with Crippen LogP contribution in [0.4, 0.5) is 5.69 Å². The number of carbonyl (C=O) groups is 1. The predicted octanol–water partition coefficient (Wildman–Crippen LogP) is 4.15. The van der Waals surface area contributed by atoms with Gasteiger partial charge in [0.1, 0.15) is 12.4 Å². The van der Waals surface area contributed by atoms with Gasteiger partial charge in [0.2, 0.25) is 5.91 Å². The van der Waals surface area contributed by atoms with Crippen molar-refractivity contribution in [1.29, 1.82) is 0 Å². The van der Waals surface area contributed by atoms with E-state index in [0.29, 0.717) is 13.0 Å². The van der Waals surface area contributed by atoms with Crippen molar-refractivity contribution in [2.45, 2.75) is 11.3 Å². The molecule has 1 aliphatic heterocycles. The summed E-state index contributed by atoms with van der Waals surface area (Å²) in [5.41, 5.74) is 1.94. The lowest BCUT2D eigenvalue weighted by Crippen LogP contribution is -2.32. The molecule has 1 N–H and O–H groups in total. The molecule has 1 amide bonds. The summed E-state index contributed by atoms with van der Waals surface area (Å²) in [4.78, 5) is 13.6. The molecular formula is C19H19NO2S. The Labute approximate surface area is 140 Å². The van der Waals surface area contributed by atoms with Gasteiger partial charge in [-0.05, 0) is 30.2 Å². The average Bonchev–Trinajstić information content (AvgIpc) is 2.60. The number of hydrogen-bond donors (Lipinski definition) is 1. The molecule has 3 nitrogen and oxygen atoms in total. The van der Waals surface area contributed by atoms with Gasteiger partial charge in [-0.15, -0.1) is 18.3 Å². The summed E-state index contributed by atoms with van der Waals surface area (Å²) in [6.45, 7) is 4.16. The number of rotatable bonds is 5. The van der Waals surface area contributed by atoms with Gasteiger partial charge in [0.15, 0.2) is 0 Å². The predicted molar refractivity (Wildman–Crippen MR) is 95.1 cm³/mol. The highest BCUT2D eigenvalue weighted by Gasteiger charge is 2.26. The van der Waals surface area contributed by atoms with Crippen LogP contribution in [-0.4, -0.2) is 18.3 Å². The summed E-state index contributed by atoms with van der Waals surface area (Å²) in [7, 11) is 0. The van der Waals surface area contributed by atoms with Crippen LogP contribution in [0.1, 0.15) is 5.56 Å².